The zero-order valence-corrected chi connectivity index (χ0v) is 23.3. The number of nitrogens with zero attached hydrogens (tertiary/aromatic N) is 6. The summed E-state index contributed by atoms with van der Waals surface area (Å²) in [6, 6.07) is 5.41. The third-order valence-corrected chi connectivity index (χ3v) is 7.49. The lowest BCUT2D eigenvalue weighted by Crippen LogP contribution is -2.36. The van der Waals surface area contributed by atoms with E-state index in [0.29, 0.717) is 60.4 Å². The summed E-state index contributed by atoms with van der Waals surface area (Å²) in [4.78, 5) is 42.8. The topological polar surface area (TPSA) is 112 Å². The summed E-state index contributed by atoms with van der Waals surface area (Å²) in [6.45, 7) is 8.06. The van der Waals surface area contributed by atoms with Gasteiger partial charge in [-0.25, -0.2) is 14.8 Å². The molecular weight excluding hydrogens is 512 g/mol. The average Bonchev–Trinajstić information content (AvgIpc) is 3.65. The molecule has 3 aromatic rings. The lowest BCUT2D eigenvalue weighted by atomic mass is 10.1. The Bertz CT molecular complexity index is 1490. The molecule has 2 unspecified atom stereocenters. The van der Waals surface area contributed by atoms with Gasteiger partial charge in [-0.1, -0.05) is 0 Å². The van der Waals surface area contributed by atoms with Crippen molar-refractivity contribution >= 4 is 29.5 Å². The standard InChI is InChI=1S/C29H34N6O5/c1-29(2,3)40-28(37)34-14-20-12-33(13-21(20)15-34)27-31-24(18-8-9-22(38-4)19(11-18)16-36)25-26(32-27)35(17-30-25)23-7-5-6-10-39-23/h8-9,11-12,16-17,21,23H,5-7,10,13-15H2,1-4H3. The summed E-state index contributed by atoms with van der Waals surface area (Å²) in [6.07, 6.45) is 7.14. The summed E-state index contributed by atoms with van der Waals surface area (Å²) < 4.78 is 19.0. The third-order valence-electron chi connectivity index (χ3n) is 7.49. The minimum Gasteiger partial charge on any atom is -0.496 e. The number of hydrogen-bond acceptors (Lipinski definition) is 9. The van der Waals surface area contributed by atoms with E-state index >= 15 is 0 Å². The largest absolute Gasteiger partial charge is 0.496 e. The summed E-state index contributed by atoms with van der Waals surface area (Å²) in [7, 11) is 1.54. The Balaban J connectivity index is 1.38. The molecule has 11 heteroatoms. The van der Waals surface area contributed by atoms with E-state index in [0.717, 1.165) is 36.7 Å². The Morgan fingerprint density at radius 1 is 1.18 bits per heavy atom. The second-order valence-electron chi connectivity index (χ2n) is 11.5. The maximum atomic E-state index is 12.6. The van der Waals surface area contributed by atoms with Gasteiger partial charge in [0.05, 0.1) is 19.0 Å². The van der Waals surface area contributed by atoms with Crippen LogP contribution >= 0.6 is 0 Å². The molecule has 3 aliphatic rings. The van der Waals surface area contributed by atoms with Crippen molar-refractivity contribution in [1.29, 1.82) is 0 Å². The van der Waals surface area contributed by atoms with Crippen molar-refractivity contribution in [3.8, 4) is 17.0 Å². The summed E-state index contributed by atoms with van der Waals surface area (Å²) in [5.74, 6) is 1.20. The van der Waals surface area contributed by atoms with Gasteiger partial charge in [0.1, 0.15) is 28.8 Å². The SMILES string of the molecule is COc1ccc(-c2nc(N3C=C4CN(C(=O)OC(C)(C)C)CC4C3)nc3c2ncn3C2CCCCO2)cc1C=O. The fraction of sp³-hybridized carbons (Fsp3) is 0.483. The van der Waals surface area contributed by atoms with Gasteiger partial charge in [-0.3, -0.25) is 9.36 Å². The first-order valence-electron chi connectivity index (χ1n) is 13.7. The first kappa shape index (κ1) is 26.2. The van der Waals surface area contributed by atoms with Gasteiger partial charge >= 0.3 is 6.09 Å². The van der Waals surface area contributed by atoms with E-state index in [2.05, 4.69) is 0 Å². The summed E-state index contributed by atoms with van der Waals surface area (Å²) >= 11 is 0. The number of hydrogen-bond donors (Lipinski definition) is 0. The molecule has 2 fully saturated rings. The molecule has 40 heavy (non-hydrogen) atoms. The molecule has 2 aromatic heterocycles. The molecule has 210 valence electrons. The predicted molar refractivity (Wildman–Crippen MR) is 148 cm³/mol. The van der Waals surface area contributed by atoms with Crippen LogP contribution in [0.4, 0.5) is 10.7 Å². The number of rotatable bonds is 5. The smallest absolute Gasteiger partial charge is 0.410 e. The summed E-state index contributed by atoms with van der Waals surface area (Å²) in [5.41, 5.74) is 3.74. The van der Waals surface area contributed by atoms with Gasteiger partial charge in [0.25, 0.3) is 0 Å². The number of fused-ring (bicyclic) bond motifs is 2. The van der Waals surface area contributed by atoms with Crippen LogP contribution in [0.2, 0.25) is 0 Å². The first-order chi connectivity index (χ1) is 19.2. The Labute approximate surface area is 232 Å². The number of amides is 1. The van der Waals surface area contributed by atoms with Gasteiger partial charge < -0.3 is 24.0 Å². The van der Waals surface area contributed by atoms with Crippen molar-refractivity contribution in [2.24, 2.45) is 5.92 Å². The number of aromatic nitrogens is 4. The van der Waals surface area contributed by atoms with Gasteiger partial charge in [-0.15, -0.1) is 0 Å². The van der Waals surface area contributed by atoms with Crippen LogP contribution in [-0.2, 0) is 9.47 Å². The molecule has 3 aliphatic heterocycles. The minimum atomic E-state index is -0.537. The molecule has 2 atom stereocenters. The molecule has 0 spiro atoms. The van der Waals surface area contributed by atoms with Gasteiger partial charge in [-0.2, -0.15) is 4.98 Å². The number of likely N-dealkylation sites (tertiary alicyclic amines) is 1. The molecule has 0 bridgehead atoms. The average molecular weight is 547 g/mol. The number of ether oxygens (including phenoxy) is 3. The van der Waals surface area contributed by atoms with E-state index in [-0.39, 0.29) is 18.2 Å². The monoisotopic (exact) mass is 546 g/mol. The number of carbonyl (C=O) groups is 2. The van der Waals surface area contributed by atoms with E-state index in [4.69, 9.17) is 29.2 Å². The van der Waals surface area contributed by atoms with Crippen LogP contribution in [0.15, 0.2) is 36.3 Å². The predicted octanol–water partition coefficient (Wildman–Crippen LogP) is 4.58. The molecule has 1 aromatic carbocycles. The molecule has 6 rings (SSSR count). The van der Waals surface area contributed by atoms with Crippen LogP contribution in [0, 0.1) is 5.92 Å². The molecule has 0 radical (unpaired) electrons. The van der Waals surface area contributed by atoms with Crippen LogP contribution in [0.3, 0.4) is 0 Å². The summed E-state index contributed by atoms with van der Waals surface area (Å²) in [5, 5.41) is 0. The second-order valence-corrected chi connectivity index (χ2v) is 11.5. The van der Waals surface area contributed by atoms with Crippen LogP contribution in [-0.4, -0.2) is 75.8 Å². The molecular formula is C29H34N6O5. The maximum Gasteiger partial charge on any atom is 0.410 e. The van der Waals surface area contributed by atoms with E-state index in [9.17, 15) is 9.59 Å². The number of aldehydes is 1. The second kappa shape index (κ2) is 10.2. The van der Waals surface area contributed by atoms with Gasteiger partial charge in [-0.05, 0) is 63.8 Å². The Hall–Kier alpha value is -3.99. The highest BCUT2D eigenvalue weighted by molar-refractivity contribution is 5.91. The van der Waals surface area contributed by atoms with Crippen molar-refractivity contribution < 1.29 is 23.8 Å². The lowest BCUT2D eigenvalue weighted by Gasteiger charge is -2.25. The van der Waals surface area contributed by atoms with Crippen molar-refractivity contribution in [1.82, 2.24) is 24.4 Å². The highest BCUT2D eigenvalue weighted by Gasteiger charge is 2.38. The molecule has 1 amide bonds. The van der Waals surface area contributed by atoms with Gasteiger partial charge in [0, 0.05) is 43.9 Å². The molecule has 0 aliphatic carbocycles. The Morgan fingerprint density at radius 2 is 2.02 bits per heavy atom. The molecule has 0 saturated carbocycles. The minimum absolute atomic E-state index is 0.144. The quantitative estimate of drug-likeness (QED) is 0.424. The molecule has 5 heterocycles. The zero-order chi connectivity index (χ0) is 28.0. The fourth-order valence-electron chi connectivity index (χ4n) is 5.58. The number of benzene rings is 1. The molecule has 2 saturated heterocycles. The zero-order valence-electron chi connectivity index (χ0n) is 23.3. The van der Waals surface area contributed by atoms with Crippen LogP contribution in [0.1, 0.15) is 56.6 Å². The van der Waals surface area contributed by atoms with E-state index in [1.54, 1.807) is 23.4 Å². The number of methoxy groups -OCH3 is 1. The van der Waals surface area contributed by atoms with E-state index < -0.39 is 5.60 Å². The van der Waals surface area contributed by atoms with Crippen molar-refractivity contribution in [2.45, 2.75) is 51.9 Å². The number of anilines is 1. The highest BCUT2D eigenvalue weighted by atomic mass is 16.6. The van der Waals surface area contributed by atoms with E-state index in [1.807, 2.05) is 42.5 Å². The lowest BCUT2D eigenvalue weighted by molar-refractivity contribution is -0.0298. The Kier molecular flexibility index (Phi) is 6.69. The highest BCUT2D eigenvalue weighted by Crippen LogP contribution is 2.36. The van der Waals surface area contributed by atoms with Crippen LogP contribution < -0.4 is 9.64 Å². The third kappa shape index (κ3) is 4.90. The number of carbonyl (C=O) groups excluding carboxylic acids is 2. The van der Waals surface area contributed by atoms with Crippen molar-refractivity contribution in [3.05, 3.63) is 41.9 Å². The van der Waals surface area contributed by atoms with E-state index in [1.165, 1.54) is 7.11 Å². The molecule has 0 N–H and O–H groups in total. The number of imidazole rings is 1. The Morgan fingerprint density at radius 3 is 2.73 bits per heavy atom. The van der Waals surface area contributed by atoms with Gasteiger partial charge in [0.2, 0.25) is 5.95 Å². The normalized spacial score (nSPS) is 20.9. The first-order valence-corrected chi connectivity index (χ1v) is 13.7. The fourth-order valence-corrected chi connectivity index (χ4v) is 5.58. The molecule has 11 nitrogen and oxygen atoms in total. The van der Waals surface area contributed by atoms with Crippen LogP contribution in [0.25, 0.3) is 22.4 Å². The maximum absolute atomic E-state index is 12.6. The van der Waals surface area contributed by atoms with Gasteiger partial charge in [0.15, 0.2) is 11.9 Å². The van der Waals surface area contributed by atoms with Crippen molar-refractivity contribution in [2.75, 3.05) is 38.3 Å². The van der Waals surface area contributed by atoms with Crippen LogP contribution in [0.5, 0.6) is 5.75 Å². The van der Waals surface area contributed by atoms with Crippen molar-refractivity contribution in [3.63, 3.8) is 0 Å².